The van der Waals surface area contributed by atoms with Crippen molar-refractivity contribution in [2.45, 2.75) is 45.1 Å². The zero-order valence-corrected chi connectivity index (χ0v) is 18.8. The maximum absolute atomic E-state index is 4.44. The van der Waals surface area contributed by atoms with Gasteiger partial charge in [-0.3, -0.25) is 9.89 Å². The van der Waals surface area contributed by atoms with Gasteiger partial charge in [-0.25, -0.2) is 0 Å². The van der Waals surface area contributed by atoms with E-state index in [1.54, 1.807) is 0 Å². The molecule has 6 heteroatoms. The summed E-state index contributed by atoms with van der Waals surface area (Å²) < 4.78 is 0. The maximum atomic E-state index is 4.44. The van der Waals surface area contributed by atoms with Crippen LogP contribution < -0.4 is 10.6 Å². The highest BCUT2D eigenvalue weighted by molar-refractivity contribution is 7.10. The highest BCUT2D eigenvalue weighted by atomic mass is 32.1. The van der Waals surface area contributed by atoms with Crippen molar-refractivity contribution >= 4 is 17.3 Å². The smallest absolute Gasteiger partial charge is 0.190 e. The van der Waals surface area contributed by atoms with Crippen LogP contribution in [-0.2, 0) is 0 Å². The summed E-state index contributed by atoms with van der Waals surface area (Å²) in [5.74, 6) is 2.49. The van der Waals surface area contributed by atoms with Crippen molar-refractivity contribution in [2.75, 3.05) is 53.4 Å². The standard InChI is InChI=1S/C22H39N5S/c1-18-9-14-27(15-10-18)13-6-11-24-22(23-2)25-17-19-7-4-12-26(3)21(19)20-8-5-16-28-20/h5,8,16,18-19,21H,4,6-7,9-15,17H2,1-3H3,(H2,23,24,25). The lowest BCUT2D eigenvalue weighted by Crippen LogP contribution is -2.45. The van der Waals surface area contributed by atoms with Crippen LogP contribution >= 0.6 is 11.3 Å². The van der Waals surface area contributed by atoms with Crippen molar-refractivity contribution in [1.29, 1.82) is 0 Å². The van der Waals surface area contributed by atoms with E-state index in [0.717, 1.165) is 25.0 Å². The second-order valence-corrected chi connectivity index (χ2v) is 9.58. The van der Waals surface area contributed by atoms with Crippen molar-refractivity contribution in [1.82, 2.24) is 20.4 Å². The predicted octanol–water partition coefficient (Wildman–Crippen LogP) is 3.42. The lowest BCUT2D eigenvalue weighted by molar-refractivity contribution is 0.125. The summed E-state index contributed by atoms with van der Waals surface area (Å²) in [6.45, 7) is 9.29. The Kier molecular flexibility index (Phi) is 8.62. The quantitative estimate of drug-likeness (QED) is 0.414. The van der Waals surface area contributed by atoms with Crippen molar-refractivity contribution in [3.8, 4) is 0 Å². The van der Waals surface area contributed by atoms with Crippen LogP contribution in [0.15, 0.2) is 22.5 Å². The third kappa shape index (κ3) is 6.19. The molecule has 2 fully saturated rings. The van der Waals surface area contributed by atoms with Crippen LogP contribution in [0.25, 0.3) is 0 Å². The first-order valence-electron chi connectivity index (χ1n) is 11.1. The first-order chi connectivity index (χ1) is 13.7. The zero-order chi connectivity index (χ0) is 19.8. The van der Waals surface area contributed by atoms with Crippen LogP contribution in [0.5, 0.6) is 0 Å². The van der Waals surface area contributed by atoms with Crippen LogP contribution in [0.4, 0.5) is 0 Å². The van der Waals surface area contributed by atoms with Gasteiger partial charge in [-0.1, -0.05) is 13.0 Å². The van der Waals surface area contributed by atoms with Gasteiger partial charge < -0.3 is 15.5 Å². The van der Waals surface area contributed by atoms with E-state index in [0.29, 0.717) is 12.0 Å². The molecule has 0 spiro atoms. The Morgan fingerprint density at radius 3 is 2.75 bits per heavy atom. The van der Waals surface area contributed by atoms with Crippen LogP contribution in [0.2, 0.25) is 0 Å². The molecule has 3 heterocycles. The monoisotopic (exact) mass is 405 g/mol. The van der Waals surface area contributed by atoms with Gasteiger partial charge >= 0.3 is 0 Å². The second-order valence-electron chi connectivity index (χ2n) is 8.60. The molecule has 2 atom stereocenters. The molecule has 0 amide bonds. The van der Waals surface area contributed by atoms with E-state index in [1.807, 2.05) is 18.4 Å². The third-order valence-electron chi connectivity index (χ3n) is 6.42. The van der Waals surface area contributed by atoms with E-state index >= 15 is 0 Å². The number of hydrogen-bond acceptors (Lipinski definition) is 4. The Hall–Kier alpha value is -1.11. The summed E-state index contributed by atoms with van der Waals surface area (Å²) in [6, 6.07) is 5.00. The van der Waals surface area contributed by atoms with Gasteiger partial charge in [0.2, 0.25) is 0 Å². The van der Waals surface area contributed by atoms with Gasteiger partial charge in [0.05, 0.1) is 0 Å². The molecule has 158 valence electrons. The van der Waals surface area contributed by atoms with Crippen molar-refractivity contribution in [2.24, 2.45) is 16.8 Å². The van der Waals surface area contributed by atoms with Gasteiger partial charge in [0.1, 0.15) is 0 Å². The molecule has 3 rings (SSSR count). The highest BCUT2D eigenvalue weighted by Gasteiger charge is 2.31. The Morgan fingerprint density at radius 2 is 2.04 bits per heavy atom. The molecule has 28 heavy (non-hydrogen) atoms. The molecule has 2 aliphatic rings. The van der Waals surface area contributed by atoms with E-state index < -0.39 is 0 Å². The summed E-state index contributed by atoms with van der Waals surface area (Å²) in [5.41, 5.74) is 0. The molecule has 0 bridgehead atoms. The highest BCUT2D eigenvalue weighted by Crippen LogP contribution is 2.36. The van der Waals surface area contributed by atoms with E-state index in [-0.39, 0.29) is 0 Å². The fourth-order valence-corrected chi connectivity index (χ4v) is 5.61. The largest absolute Gasteiger partial charge is 0.356 e. The Morgan fingerprint density at radius 1 is 1.21 bits per heavy atom. The Balaban J connectivity index is 1.39. The fourth-order valence-electron chi connectivity index (χ4n) is 4.63. The summed E-state index contributed by atoms with van der Waals surface area (Å²) in [6.07, 6.45) is 6.46. The van der Waals surface area contributed by atoms with Crippen molar-refractivity contribution in [3.05, 3.63) is 22.4 Å². The molecule has 0 aliphatic carbocycles. The van der Waals surface area contributed by atoms with Crippen LogP contribution in [0.1, 0.15) is 49.9 Å². The van der Waals surface area contributed by atoms with Gasteiger partial charge in [0.25, 0.3) is 0 Å². The molecule has 0 saturated carbocycles. The first-order valence-corrected chi connectivity index (χ1v) is 12.0. The van der Waals surface area contributed by atoms with Gasteiger partial charge in [0.15, 0.2) is 5.96 Å². The number of guanidine groups is 1. The molecule has 5 nitrogen and oxygen atoms in total. The average Bonchev–Trinajstić information content (AvgIpc) is 3.23. The van der Waals surface area contributed by atoms with Crippen LogP contribution in [0.3, 0.4) is 0 Å². The van der Waals surface area contributed by atoms with E-state index in [9.17, 15) is 0 Å². The first kappa shape index (κ1) is 21.6. The Labute approximate surface area is 175 Å². The number of rotatable bonds is 7. The second kappa shape index (κ2) is 11.2. The van der Waals surface area contributed by atoms with E-state index in [4.69, 9.17) is 0 Å². The van der Waals surface area contributed by atoms with Crippen LogP contribution in [0, 0.1) is 11.8 Å². The summed E-state index contributed by atoms with van der Waals surface area (Å²) in [5, 5.41) is 9.32. The van der Waals surface area contributed by atoms with E-state index in [1.165, 1.54) is 63.2 Å². The topological polar surface area (TPSA) is 42.9 Å². The normalized spacial score (nSPS) is 25.8. The number of piperidine rings is 2. The predicted molar refractivity (Wildman–Crippen MR) is 121 cm³/mol. The van der Waals surface area contributed by atoms with Gasteiger partial charge in [-0.15, -0.1) is 11.3 Å². The maximum Gasteiger partial charge on any atom is 0.190 e. The van der Waals surface area contributed by atoms with E-state index in [2.05, 4.69) is 56.9 Å². The number of aliphatic imine (C=N–C) groups is 1. The van der Waals surface area contributed by atoms with Gasteiger partial charge in [-0.05, 0) is 88.6 Å². The lowest BCUT2D eigenvalue weighted by Gasteiger charge is -2.39. The third-order valence-corrected chi connectivity index (χ3v) is 7.36. The molecule has 2 aliphatic heterocycles. The molecule has 2 N–H and O–H groups in total. The molecule has 2 saturated heterocycles. The number of nitrogens with one attached hydrogen (secondary N) is 2. The minimum atomic E-state index is 0.529. The molecule has 0 radical (unpaired) electrons. The summed E-state index contributed by atoms with van der Waals surface area (Å²) in [7, 11) is 4.15. The number of likely N-dealkylation sites (tertiary alicyclic amines) is 2. The molecular weight excluding hydrogens is 366 g/mol. The molecule has 2 unspecified atom stereocenters. The Bertz CT molecular complexity index is 580. The van der Waals surface area contributed by atoms with Gasteiger partial charge in [0, 0.05) is 31.1 Å². The van der Waals surface area contributed by atoms with Crippen LogP contribution in [-0.4, -0.2) is 69.1 Å². The number of hydrogen-bond donors (Lipinski definition) is 2. The molecular formula is C22H39N5S. The molecule has 0 aromatic carbocycles. The van der Waals surface area contributed by atoms with Crippen molar-refractivity contribution in [3.63, 3.8) is 0 Å². The summed E-state index contributed by atoms with van der Waals surface area (Å²) >= 11 is 1.89. The number of nitrogens with zero attached hydrogens (tertiary/aromatic N) is 3. The average molecular weight is 406 g/mol. The molecule has 1 aromatic heterocycles. The minimum Gasteiger partial charge on any atom is -0.356 e. The van der Waals surface area contributed by atoms with Gasteiger partial charge in [-0.2, -0.15) is 0 Å². The zero-order valence-electron chi connectivity index (χ0n) is 18.0. The number of thiophene rings is 1. The summed E-state index contributed by atoms with van der Waals surface area (Å²) in [4.78, 5) is 11.1. The fraction of sp³-hybridized carbons (Fsp3) is 0.773. The molecule has 1 aromatic rings. The minimum absolute atomic E-state index is 0.529. The lowest BCUT2D eigenvalue weighted by atomic mass is 9.88. The SMILES string of the molecule is CN=C(NCCCN1CCC(C)CC1)NCC1CCCN(C)C1c1cccs1. The van der Waals surface area contributed by atoms with Crippen molar-refractivity contribution < 1.29 is 0 Å².